The number of halogens is 1. The maximum Gasteiger partial charge on any atom is 0.313 e. The van der Waals surface area contributed by atoms with Gasteiger partial charge in [-0.1, -0.05) is 35.5 Å². The van der Waals surface area contributed by atoms with Gasteiger partial charge in [0.2, 0.25) is 5.95 Å². The zero-order valence-electron chi connectivity index (χ0n) is 10.00. The van der Waals surface area contributed by atoms with Gasteiger partial charge in [0, 0.05) is 0 Å². The van der Waals surface area contributed by atoms with Crippen molar-refractivity contribution in [3.8, 4) is 5.69 Å². The summed E-state index contributed by atoms with van der Waals surface area (Å²) in [6.07, 6.45) is 0. The zero-order chi connectivity index (χ0) is 14.0. The molecule has 6 nitrogen and oxygen atoms in total. The number of benzene rings is 1. The molecule has 0 aliphatic heterocycles. The summed E-state index contributed by atoms with van der Waals surface area (Å²) in [5, 5.41) is 17.3. The number of hydrogen-bond donors (Lipinski definition) is 2. The Hall–Kier alpha value is -1.73. The fourth-order valence-corrected chi connectivity index (χ4v) is 2.41. The standard InChI is InChI=1S/C11H11ClN4O2S/c1-6-3-2-4-7(9(6)12)16-10(13)14-15-11(16)19-5-8(17)18/h2-4H,5H2,1H3,(H2,13,14)(H,17,18). The zero-order valence-corrected chi connectivity index (χ0v) is 11.6. The second-order valence-electron chi connectivity index (χ2n) is 3.77. The molecule has 3 N–H and O–H groups in total. The lowest BCUT2D eigenvalue weighted by Gasteiger charge is -2.10. The molecule has 0 unspecified atom stereocenters. The van der Waals surface area contributed by atoms with E-state index in [0.717, 1.165) is 17.3 Å². The molecule has 0 saturated heterocycles. The molecule has 1 aromatic heterocycles. The van der Waals surface area contributed by atoms with Crippen molar-refractivity contribution in [3.63, 3.8) is 0 Å². The van der Waals surface area contributed by atoms with Crippen molar-refractivity contribution in [1.29, 1.82) is 0 Å². The average molecular weight is 299 g/mol. The molecule has 19 heavy (non-hydrogen) atoms. The van der Waals surface area contributed by atoms with Crippen LogP contribution in [0.2, 0.25) is 5.02 Å². The Labute approximate surface area is 118 Å². The summed E-state index contributed by atoms with van der Waals surface area (Å²) in [4.78, 5) is 10.6. The molecular formula is C11H11ClN4O2S. The Morgan fingerprint density at radius 1 is 1.53 bits per heavy atom. The molecule has 0 spiro atoms. The Bertz CT molecular complexity index is 629. The number of aromatic nitrogens is 3. The molecule has 0 bridgehead atoms. The molecule has 8 heteroatoms. The van der Waals surface area contributed by atoms with E-state index in [2.05, 4.69) is 10.2 Å². The van der Waals surface area contributed by atoms with Crippen molar-refractivity contribution < 1.29 is 9.90 Å². The molecule has 0 aliphatic rings. The van der Waals surface area contributed by atoms with Crippen LogP contribution in [0.15, 0.2) is 23.4 Å². The van der Waals surface area contributed by atoms with E-state index in [9.17, 15) is 4.79 Å². The van der Waals surface area contributed by atoms with Crippen LogP contribution in [0.25, 0.3) is 5.69 Å². The van der Waals surface area contributed by atoms with E-state index in [1.165, 1.54) is 0 Å². The van der Waals surface area contributed by atoms with Gasteiger partial charge in [0.1, 0.15) is 0 Å². The number of carboxylic acids is 1. The van der Waals surface area contributed by atoms with Gasteiger partial charge in [-0.25, -0.2) is 0 Å². The molecule has 0 amide bonds. The van der Waals surface area contributed by atoms with E-state index >= 15 is 0 Å². The predicted molar refractivity (Wildman–Crippen MR) is 73.9 cm³/mol. The first kappa shape index (κ1) is 13.7. The van der Waals surface area contributed by atoms with Gasteiger partial charge in [-0.15, -0.1) is 10.2 Å². The van der Waals surface area contributed by atoms with E-state index in [4.69, 9.17) is 22.4 Å². The predicted octanol–water partition coefficient (Wildman–Crippen LogP) is 1.99. The summed E-state index contributed by atoms with van der Waals surface area (Å²) < 4.78 is 1.54. The van der Waals surface area contributed by atoms with Crippen LogP contribution in [0, 0.1) is 6.92 Å². The fourth-order valence-electron chi connectivity index (χ4n) is 1.53. The lowest BCUT2D eigenvalue weighted by molar-refractivity contribution is -0.133. The summed E-state index contributed by atoms with van der Waals surface area (Å²) in [5.41, 5.74) is 7.30. The van der Waals surface area contributed by atoms with Gasteiger partial charge in [-0.3, -0.25) is 9.36 Å². The van der Waals surface area contributed by atoms with Gasteiger partial charge < -0.3 is 10.8 Å². The van der Waals surface area contributed by atoms with Crippen LogP contribution in [-0.4, -0.2) is 31.6 Å². The van der Waals surface area contributed by atoms with Gasteiger partial charge in [-0.2, -0.15) is 0 Å². The summed E-state index contributed by atoms with van der Waals surface area (Å²) in [5.74, 6) is -0.893. The SMILES string of the molecule is Cc1cccc(-n2c(N)nnc2SCC(=O)O)c1Cl. The highest BCUT2D eigenvalue weighted by Crippen LogP contribution is 2.29. The van der Waals surface area contributed by atoms with Crippen molar-refractivity contribution in [2.24, 2.45) is 0 Å². The van der Waals surface area contributed by atoms with Gasteiger partial charge in [-0.05, 0) is 18.6 Å². The lowest BCUT2D eigenvalue weighted by Crippen LogP contribution is -2.05. The molecule has 0 aliphatic carbocycles. The number of nitrogens with zero attached hydrogens (tertiary/aromatic N) is 3. The van der Waals surface area contributed by atoms with Crippen LogP contribution in [-0.2, 0) is 4.79 Å². The van der Waals surface area contributed by atoms with Gasteiger partial charge >= 0.3 is 5.97 Å². The molecule has 0 atom stereocenters. The number of hydrogen-bond acceptors (Lipinski definition) is 5. The Morgan fingerprint density at radius 2 is 2.26 bits per heavy atom. The van der Waals surface area contributed by atoms with Crippen molar-refractivity contribution >= 4 is 35.3 Å². The fraction of sp³-hybridized carbons (Fsp3) is 0.182. The number of nitrogen functional groups attached to an aromatic ring is 1. The third-order valence-electron chi connectivity index (χ3n) is 2.40. The van der Waals surface area contributed by atoms with E-state index in [0.29, 0.717) is 15.9 Å². The first-order chi connectivity index (χ1) is 9.00. The average Bonchev–Trinajstić information content (AvgIpc) is 2.72. The van der Waals surface area contributed by atoms with E-state index in [1.807, 2.05) is 19.1 Å². The third-order valence-corrected chi connectivity index (χ3v) is 3.80. The smallest absolute Gasteiger partial charge is 0.313 e. The lowest BCUT2D eigenvalue weighted by atomic mass is 10.2. The van der Waals surface area contributed by atoms with Crippen molar-refractivity contribution in [2.45, 2.75) is 12.1 Å². The normalized spacial score (nSPS) is 10.6. The molecule has 1 aromatic carbocycles. The highest BCUT2D eigenvalue weighted by Gasteiger charge is 2.16. The van der Waals surface area contributed by atoms with Crippen LogP contribution < -0.4 is 5.73 Å². The number of aliphatic carboxylic acids is 1. The minimum atomic E-state index is -0.937. The maximum atomic E-state index is 10.6. The van der Waals surface area contributed by atoms with Crippen LogP contribution >= 0.6 is 23.4 Å². The van der Waals surface area contributed by atoms with Crippen LogP contribution in [0.1, 0.15) is 5.56 Å². The van der Waals surface area contributed by atoms with Crippen LogP contribution in [0.5, 0.6) is 0 Å². The number of thioether (sulfide) groups is 1. The first-order valence-corrected chi connectivity index (χ1v) is 6.68. The van der Waals surface area contributed by atoms with E-state index < -0.39 is 5.97 Å². The second-order valence-corrected chi connectivity index (χ2v) is 5.09. The molecule has 1 heterocycles. The molecule has 2 rings (SSSR count). The summed E-state index contributed by atoms with van der Waals surface area (Å²) in [7, 11) is 0. The Kier molecular flexibility index (Phi) is 3.96. The monoisotopic (exact) mass is 298 g/mol. The number of rotatable bonds is 4. The molecule has 100 valence electrons. The molecular weight excluding hydrogens is 288 g/mol. The Morgan fingerprint density at radius 3 is 2.95 bits per heavy atom. The summed E-state index contributed by atoms with van der Waals surface area (Å²) in [6, 6.07) is 5.48. The largest absolute Gasteiger partial charge is 0.481 e. The van der Waals surface area contributed by atoms with E-state index in [-0.39, 0.29) is 11.7 Å². The number of anilines is 1. The third kappa shape index (κ3) is 2.82. The summed E-state index contributed by atoms with van der Waals surface area (Å²) >= 11 is 7.27. The number of nitrogens with two attached hydrogens (primary N) is 1. The molecule has 0 radical (unpaired) electrons. The van der Waals surface area contributed by atoms with E-state index in [1.54, 1.807) is 10.6 Å². The van der Waals surface area contributed by atoms with Crippen LogP contribution in [0.3, 0.4) is 0 Å². The molecule has 2 aromatic rings. The number of aryl methyl sites for hydroxylation is 1. The van der Waals surface area contributed by atoms with Gasteiger partial charge in [0.25, 0.3) is 0 Å². The summed E-state index contributed by atoms with van der Waals surface area (Å²) in [6.45, 7) is 1.87. The molecule has 0 fully saturated rings. The molecule has 0 saturated carbocycles. The van der Waals surface area contributed by atoms with Gasteiger partial charge in [0.15, 0.2) is 5.16 Å². The quantitative estimate of drug-likeness (QED) is 0.838. The number of carbonyl (C=O) groups is 1. The Balaban J connectivity index is 2.46. The maximum absolute atomic E-state index is 10.6. The highest BCUT2D eigenvalue weighted by molar-refractivity contribution is 7.99. The second kappa shape index (κ2) is 5.50. The number of carboxylic acid groups (broad SMARTS) is 1. The van der Waals surface area contributed by atoms with Gasteiger partial charge in [0.05, 0.1) is 16.5 Å². The van der Waals surface area contributed by atoms with Crippen molar-refractivity contribution in [2.75, 3.05) is 11.5 Å². The van der Waals surface area contributed by atoms with Crippen molar-refractivity contribution in [3.05, 3.63) is 28.8 Å². The van der Waals surface area contributed by atoms with Crippen LogP contribution in [0.4, 0.5) is 5.95 Å². The highest BCUT2D eigenvalue weighted by atomic mass is 35.5. The van der Waals surface area contributed by atoms with Crippen molar-refractivity contribution in [1.82, 2.24) is 14.8 Å². The minimum absolute atomic E-state index is 0.123. The minimum Gasteiger partial charge on any atom is -0.481 e. The topological polar surface area (TPSA) is 94.0 Å². The first-order valence-electron chi connectivity index (χ1n) is 5.31.